The first-order chi connectivity index (χ1) is 7.28. The minimum Gasteiger partial charge on any atom is -0.381 e. The van der Waals surface area contributed by atoms with Crippen LogP contribution in [0, 0.1) is 0 Å². The Balaban J connectivity index is 1.88. The predicted molar refractivity (Wildman–Crippen MR) is 56.3 cm³/mol. The summed E-state index contributed by atoms with van der Waals surface area (Å²) in [5.41, 5.74) is 5.49. The van der Waals surface area contributed by atoms with Gasteiger partial charge >= 0.3 is 0 Å². The number of nitrogens with zero attached hydrogens (tertiary/aromatic N) is 4. The highest BCUT2D eigenvalue weighted by Crippen LogP contribution is 2.07. The fraction of sp³-hybridized carbons (Fsp3) is 0.778. The number of aromatic nitrogens is 3. The molecule has 1 aromatic rings. The maximum atomic E-state index is 5.65. The van der Waals surface area contributed by atoms with Crippen molar-refractivity contribution in [3.05, 3.63) is 6.20 Å². The largest absolute Gasteiger partial charge is 0.381 e. The van der Waals surface area contributed by atoms with Crippen LogP contribution in [0.2, 0.25) is 0 Å². The van der Waals surface area contributed by atoms with E-state index in [0.29, 0.717) is 5.82 Å². The Bertz CT molecular complexity index is 313. The summed E-state index contributed by atoms with van der Waals surface area (Å²) in [6, 6.07) is 0. The quantitative estimate of drug-likeness (QED) is 0.735. The second kappa shape index (κ2) is 4.59. The third-order valence-electron chi connectivity index (χ3n) is 2.62. The average Bonchev–Trinajstić information content (AvgIpc) is 2.64. The van der Waals surface area contributed by atoms with Gasteiger partial charge in [0.2, 0.25) is 0 Å². The first-order valence-corrected chi connectivity index (χ1v) is 5.27. The molecule has 0 amide bonds. The van der Waals surface area contributed by atoms with Gasteiger partial charge in [-0.3, -0.25) is 4.90 Å². The normalized spacial score (nSPS) is 23.1. The van der Waals surface area contributed by atoms with Gasteiger partial charge in [0.05, 0.1) is 25.5 Å². The molecule has 1 unspecified atom stereocenters. The lowest BCUT2D eigenvalue weighted by atomic mass is 10.2. The van der Waals surface area contributed by atoms with Crippen molar-refractivity contribution in [3.8, 4) is 0 Å². The average molecular weight is 211 g/mol. The van der Waals surface area contributed by atoms with Gasteiger partial charge in [0.25, 0.3) is 0 Å². The zero-order valence-electron chi connectivity index (χ0n) is 8.96. The van der Waals surface area contributed by atoms with E-state index in [9.17, 15) is 0 Å². The first kappa shape index (κ1) is 10.4. The standard InChI is InChI=1S/C9H17N5O/c1-2-13-3-4-15-8(5-13)6-14-7-9(10)11-12-14/h7-8H,2-6,10H2,1H3. The molecule has 0 radical (unpaired) electrons. The van der Waals surface area contributed by atoms with Crippen LogP contribution in [0.15, 0.2) is 6.20 Å². The van der Waals surface area contributed by atoms with E-state index in [1.807, 2.05) is 0 Å². The van der Waals surface area contributed by atoms with Gasteiger partial charge in [0.15, 0.2) is 5.82 Å². The van der Waals surface area contributed by atoms with Crippen LogP contribution in [0.4, 0.5) is 5.82 Å². The fourth-order valence-electron chi connectivity index (χ4n) is 1.79. The van der Waals surface area contributed by atoms with Crippen LogP contribution in [0.3, 0.4) is 0 Å². The summed E-state index contributed by atoms with van der Waals surface area (Å²) in [6.45, 7) is 6.72. The number of nitrogens with two attached hydrogens (primary N) is 1. The summed E-state index contributed by atoms with van der Waals surface area (Å²) in [5.74, 6) is 0.457. The molecule has 6 nitrogen and oxygen atoms in total. The minimum absolute atomic E-state index is 0.194. The number of hydrogen-bond acceptors (Lipinski definition) is 5. The number of likely N-dealkylation sites (N-methyl/N-ethyl adjacent to an activating group) is 1. The van der Waals surface area contributed by atoms with Crippen molar-refractivity contribution < 1.29 is 4.74 Å². The van der Waals surface area contributed by atoms with Crippen LogP contribution in [-0.4, -0.2) is 52.2 Å². The van der Waals surface area contributed by atoms with Gasteiger partial charge in [0, 0.05) is 13.1 Å². The van der Waals surface area contributed by atoms with Crippen molar-refractivity contribution in [2.45, 2.75) is 19.6 Å². The number of ether oxygens (including phenoxy) is 1. The van der Waals surface area contributed by atoms with Crippen LogP contribution in [0.5, 0.6) is 0 Å². The second-order valence-corrected chi connectivity index (χ2v) is 3.75. The molecule has 15 heavy (non-hydrogen) atoms. The van der Waals surface area contributed by atoms with Gasteiger partial charge in [-0.1, -0.05) is 12.1 Å². The van der Waals surface area contributed by atoms with Crippen molar-refractivity contribution >= 4 is 5.82 Å². The van der Waals surface area contributed by atoms with Crippen LogP contribution >= 0.6 is 0 Å². The highest BCUT2D eigenvalue weighted by Gasteiger charge is 2.19. The van der Waals surface area contributed by atoms with Gasteiger partial charge in [-0.25, -0.2) is 4.68 Å². The molecule has 1 aliphatic rings. The fourth-order valence-corrected chi connectivity index (χ4v) is 1.79. The molecule has 2 rings (SSSR count). The van der Waals surface area contributed by atoms with Gasteiger partial charge in [-0.05, 0) is 6.54 Å². The molecule has 0 bridgehead atoms. The lowest BCUT2D eigenvalue weighted by molar-refractivity contribution is -0.0360. The highest BCUT2D eigenvalue weighted by atomic mass is 16.5. The Morgan fingerprint density at radius 2 is 2.53 bits per heavy atom. The van der Waals surface area contributed by atoms with E-state index in [1.54, 1.807) is 10.9 Å². The van der Waals surface area contributed by atoms with Gasteiger partial charge in [-0.2, -0.15) is 0 Å². The SMILES string of the molecule is CCN1CCOC(Cn2cc(N)nn2)C1. The molecule has 2 N–H and O–H groups in total. The predicted octanol–water partition coefficient (Wildman–Crippen LogP) is -0.419. The van der Waals surface area contributed by atoms with Crippen molar-refractivity contribution in [2.75, 3.05) is 32.0 Å². The molecular formula is C9H17N5O. The maximum absolute atomic E-state index is 5.65. The molecule has 84 valence electrons. The number of hydrogen-bond donors (Lipinski definition) is 1. The Kier molecular flexibility index (Phi) is 3.17. The Labute approximate surface area is 89.0 Å². The van der Waals surface area contributed by atoms with Crippen LogP contribution in [0.1, 0.15) is 6.92 Å². The lowest BCUT2D eigenvalue weighted by Gasteiger charge is -2.31. The highest BCUT2D eigenvalue weighted by molar-refractivity contribution is 5.19. The molecule has 0 aromatic carbocycles. The van der Waals surface area contributed by atoms with Crippen molar-refractivity contribution in [1.82, 2.24) is 19.9 Å². The monoisotopic (exact) mass is 211 g/mol. The van der Waals surface area contributed by atoms with E-state index >= 15 is 0 Å². The first-order valence-electron chi connectivity index (χ1n) is 5.27. The van der Waals surface area contributed by atoms with Crippen LogP contribution in [-0.2, 0) is 11.3 Å². The molecule has 1 aromatic heterocycles. The summed E-state index contributed by atoms with van der Waals surface area (Å²) in [4.78, 5) is 2.37. The number of nitrogen functional groups attached to an aromatic ring is 1. The lowest BCUT2D eigenvalue weighted by Crippen LogP contribution is -2.44. The molecule has 0 spiro atoms. The zero-order chi connectivity index (χ0) is 10.7. The maximum Gasteiger partial charge on any atom is 0.165 e. The minimum atomic E-state index is 0.194. The third kappa shape index (κ3) is 2.66. The zero-order valence-corrected chi connectivity index (χ0v) is 8.96. The summed E-state index contributed by atoms with van der Waals surface area (Å²) >= 11 is 0. The second-order valence-electron chi connectivity index (χ2n) is 3.75. The smallest absolute Gasteiger partial charge is 0.165 e. The Hall–Kier alpha value is -1.14. The summed E-state index contributed by atoms with van der Waals surface area (Å²) in [7, 11) is 0. The van der Waals surface area contributed by atoms with Gasteiger partial charge in [-0.15, -0.1) is 5.10 Å². The summed E-state index contributed by atoms with van der Waals surface area (Å²) in [5, 5.41) is 7.65. The summed E-state index contributed by atoms with van der Waals surface area (Å²) in [6.07, 6.45) is 1.92. The topological polar surface area (TPSA) is 69.2 Å². The van der Waals surface area contributed by atoms with Crippen LogP contribution in [0.25, 0.3) is 0 Å². The van der Waals surface area contributed by atoms with E-state index in [-0.39, 0.29) is 6.10 Å². The Morgan fingerprint density at radius 3 is 3.20 bits per heavy atom. The van der Waals surface area contributed by atoms with E-state index < -0.39 is 0 Å². The van der Waals surface area contributed by atoms with Crippen molar-refractivity contribution in [2.24, 2.45) is 0 Å². The number of morpholine rings is 1. The molecule has 1 atom stereocenters. The molecule has 0 saturated carbocycles. The van der Waals surface area contributed by atoms with Crippen LogP contribution < -0.4 is 5.73 Å². The molecule has 0 aliphatic carbocycles. The molecule has 1 saturated heterocycles. The van der Waals surface area contributed by atoms with Crippen molar-refractivity contribution in [1.29, 1.82) is 0 Å². The third-order valence-corrected chi connectivity index (χ3v) is 2.62. The molecule has 1 aliphatic heterocycles. The van der Waals surface area contributed by atoms with E-state index in [2.05, 4.69) is 22.1 Å². The van der Waals surface area contributed by atoms with E-state index in [1.165, 1.54) is 0 Å². The number of anilines is 1. The molecule has 2 heterocycles. The summed E-state index contributed by atoms with van der Waals surface area (Å²) < 4.78 is 7.39. The van der Waals surface area contributed by atoms with Gasteiger partial charge < -0.3 is 10.5 Å². The molecule has 6 heteroatoms. The van der Waals surface area contributed by atoms with E-state index in [4.69, 9.17) is 10.5 Å². The molecular weight excluding hydrogens is 194 g/mol. The molecule has 1 fully saturated rings. The van der Waals surface area contributed by atoms with Gasteiger partial charge in [0.1, 0.15) is 0 Å². The van der Waals surface area contributed by atoms with Crippen molar-refractivity contribution in [3.63, 3.8) is 0 Å². The van der Waals surface area contributed by atoms with E-state index in [0.717, 1.165) is 32.8 Å². The number of rotatable bonds is 3. The Morgan fingerprint density at radius 1 is 1.67 bits per heavy atom.